The standard InChI is InChI=1S/C18H16FN7O/c19-12-4-6-24(9-12)17-2-1-14(7-20-17)26-10-15-16(23-26)11-25(18(15)27)13-3-5-21-22-8-13/h1-3,5,7-8,10,12H,4,6,9,11H2/t12-/m1/s1. The van der Waals surface area contributed by atoms with Crippen LogP contribution in [0.3, 0.4) is 0 Å². The first kappa shape index (κ1) is 15.9. The summed E-state index contributed by atoms with van der Waals surface area (Å²) < 4.78 is 15.0. The van der Waals surface area contributed by atoms with Gasteiger partial charge in [-0.1, -0.05) is 0 Å². The van der Waals surface area contributed by atoms with Gasteiger partial charge >= 0.3 is 0 Å². The molecule has 0 spiro atoms. The molecule has 3 aromatic rings. The van der Waals surface area contributed by atoms with E-state index in [1.807, 2.05) is 17.0 Å². The summed E-state index contributed by atoms with van der Waals surface area (Å²) >= 11 is 0. The molecule has 0 unspecified atom stereocenters. The van der Waals surface area contributed by atoms with Crippen LogP contribution in [0.4, 0.5) is 15.9 Å². The number of nitrogens with zero attached hydrogens (tertiary/aromatic N) is 7. The lowest BCUT2D eigenvalue weighted by Crippen LogP contribution is -2.24. The molecule has 0 aromatic carbocycles. The minimum Gasteiger partial charge on any atom is -0.354 e. The van der Waals surface area contributed by atoms with E-state index in [-0.39, 0.29) is 5.91 Å². The van der Waals surface area contributed by atoms with E-state index in [4.69, 9.17) is 0 Å². The third kappa shape index (κ3) is 2.71. The minimum absolute atomic E-state index is 0.111. The molecule has 9 heteroatoms. The highest BCUT2D eigenvalue weighted by Crippen LogP contribution is 2.28. The van der Waals surface area contributed by atoms with Crippen LogP contribution in [-0.4, -0.2) is 50.1 Å². The smallest absolute Gasteiger partial charge is 0.262 e. The van der Waals surface area contributed by atoms with E-state index in [1.54, 1.807) is 40.4 Å². The van der Waals surface area contributed by atoms with Gasteiger partial charge in [-0.25, -0.2) is 14.1 Å². The molecule has 1 fully saturated rings. The molecular weight excluding hydrogens is 349 g/mol. The molecule has 5 rings (SSSR count). The van der Waals surface area contributed by atoms with Crippen molar-refractivity contribution in [2.24, 2.45) is 0 Å². The van der Waals surface area contributed by atoms with Gasteiger partial charge in [0.05, 0.1) is 54.3 Å². The highest BCUT2D eigenvalue weighted by Gasteiger charge is 2.32. The Balaban J connectivity index is 1.37. The van der Waals surface area contributed by atoms with Gasteiger partial charge in [0.15, 0.2) is 0 Å². The van der Waals surface area contributed by atoms with E-state index in [0.29, 0.717) is 43.0 Å². The summed E-state index contributed by atoms with van der Waals surface area (Å²) in [6.45, 7) is 1.46. The van der Waals surface area contributed by atoms with Gasteiger partial charge in [-0.05, 0) is 24.6 Å². The van der Waals surface area contributed by atoms with Gasteiger partial charge in [0.25, 0.3) is 5.91 Å². The Labute approximate surface area is 154 Å². The molecule has 1 atom stereocenters. The van der Waals surface area contributed by atoms with E-state index < -0.39 is 6.17 Å². The van der Waals surface area contributed by atoms with Gasteiger partial charge in [-0.3, -0.25) is 4.79 Å². The largest absolute Gasteiger partial charge is 0.354 e. The first-order valence-corrected chi connectivity index (χ1v) is 8.71. The van der Waals surface area contributed by atoms with Crippen molar-refractivity contribution >= 4 is 17.4 Å². The molecule has 0 radical (unpaired) electrons. The normalized spacial score (nSPS) is 19.0. The molecule has 0 saturated carbocycles. The second-order valence-electron chi connectivity index (χ2n) is 6.63. The number of anilines is 2. The number of halogens is 1. The Morgan fingerprint density at radius 2 is 2.04 bits per heavy atom. The van der Waals surface area contributed by atoms with Crippen molar-refractivity contribution in [1.29, 1.82) is 0 Å². The average Bonchev–Trinajstić information content (AvgIpc) is 3.39. The molecule has 136 valence electrons. The lowest BCUT2D eigenvalue weighted by Gasteiger charge is -2.16. The quantitative estimate of drug-likeness (QED) is 0.704. The number of pyridine rings is 1. The summed E-state index contributed by atoms with van der Waals surface area (Å²) in [7, 11) is 0. The van der Waals surface area contributed by atoms with Crippen LogP contribution in [0.1, 0.15) is 22.5 Å². The minimum atomic E-state index is -0.787. The van der Waals surface area contributed by atoms with Gasteiger partial charge in [-0.15, -0.1) is 0 Å². The molecule has 2 aliphatic rings. The van der Waals surface area contributed by atoms with Crippen molar-refractivity contribution < 1.29 is 9.18 Å². The maximum absolute atomic E-state index is 13.4. The van der Waals surface area contributed by atoms with Crippen molar-refractivity contribution in [1.82, 2.24) is 25.0 Å². The Hall–Kier alpha value is -3.36. The van der Waals surface area contributed by atoms with E-state index in [2.05, 4.69) is 20.3 Å². The molecule has 27 heavy (non-hydrogen) atoms. The number of hydrogen-bond acceptors (Lipinski definition) is 6. The Morgan fingerprint density at radius 1 is 1.11 bits per heavy atom. The third-order valence-electron chi connectivity index (χ3n) is 4.91. The van der Waals surface area contributed by atoms with E-state index in [1.165, 1.54) is 0 Å². The number of carbonyl (C=O) groups is 1. The van der Waals surface area contributed by atoms with Crippen molar-refractivity contribution in [3.63, 3.8) is 0 Å². The van der Waals surface area contributed by atoms with Crippen LogP contribution in [0.5, 0.6) is 0 Å². The summed E-state index contributed by atoms with van der Waals surface area (Å²) in [6.07, 6.45) is 6.28. The molecule has 5 heterocycles. The molecule has 0 aliphatic carbocycles. The van der Waals surface area contributed by atoms with E-state index in [9.17, 15) is 9.18 Å². The van der Waals surface area contributed by atoms with E-state index >= 15 is 0 Å². The van der Waals surface area contributed by atoms with Crippen LogP contribution in [0, 0.1) is 0 Å². The van der Waals surface area contributed by atoms with Crippen LogP contribution >= 0.6 is 0 Å². The molecular formula is C18H16FN7O. The first-order chi connectivity index (χ1) is 13.2. The molecule has 0 N–H and O–H groups in total. The lowest BCUT2D eigenvalue weighted by atomic mass is 10.3. The zero-order chi connectivity index (χ0) is 18.4. The number of fused-ring (bicyclic) bond motifs is 1. The van der Waals surface area contributed by atoms with Crippen LogP contribution in [0.25, 0.3) is 5.69 Å². The molecule has 1 saturated heterocycles. The topological polar surface area (TPSA) is 80.0 Å². The van der Waals surface area contributed by atoms with Gasteiger partial charge in [0.2, 0.25) is 0 Å². The molecule has 0 bridgehead atoms. The van der Waals surface area contributed by atoms with Gasteiger partial charge in [0.1, 0.15) is 12.0 Å². The molecule has 1 amide bonds. The van der Waals surface area contributed by atoms with Crippen LogP contribution < -0.4 is 9.80 Å². The predicted octanol–water partition coefficient (Wildman–Crippen LogP) is 1.77. The Kier molecular flexibility index (Phi) is 3.59. The van der Waals surface area contributed by atoms with Gasteiger partial charge < -0.3 is 9.80 Å². The summed E-state index contributed by atoms with van der Waals surface area (Å²) in [5, 5.41) is 12.1. The second-order valence-corrected chi connectivity index (χ2v) is 6.63. The lowest BCUT2D eigenvalue weighted by molar-refractivity contribution is 0.0996. The highest BCUT2D eigenvalue weighted by molar-refractivity contribution is 6.09. The van der Waals surface area contributed by atoms with Gasteiger partial charge in [-0.2, -0.15) is 15.3 Å². The van der Waals surface area contributed by atoms with E-state index in [0.717, 1.165) is 11.5 Å². The monoisotopic (exact) mass is 365 g/mol. The van der Waals surface area contributed by atoms with Crippen LogP contribution in [-0.2, 0) is 6.54 Å². The van der Waals surface area contributed by atoms with Crippen LogP contribution in [0.2, 0.25) is 0 Å². The predicted molar refractivity (Wildman–Crippen MR) is 95.6 cm³/mol. The van der Waals surface area contributed by atoms with Gasteiger partial charge in [0, 0.05) is 12.7 Å². The Morgan fingerprint density at radius 3 is 2.70 bits per heavy atom. The number of amides is 1. The van der Waals surface area contributed by atoms with Crippen molar-refractivity contribution in [3.05, 3.63) is 54.2 Å². The zero-order valence-electron chi connectivity index (χ0n) is 14.4. The third-order valence-corrected chi connectivity index (χ3v) is 4.91. The molecule has 2 aliphatic heterocycles. The summed E-state index contributed by atoms with van der Waals surface area (Å²) in [6, 6.07) is 5.48. The van der Waals surface area contributed by atoms with Crippen LogP contribution in [0.15, 0.2) is 43.0 Å². The molecule has 8 nitrogen and oxygen atoms in total. The average molecular weight is 365 g/mol. The fourth-order valence-corrected chi connectivity index (χ4v) is 3.48. The number of aromatic nitrogens is 5. The second kappa shape index (κ2) is 6.11. The SMILES string of the molecule is O=C1c2cn(-c3ccc(N4CC[C@@H](F)C4)nc3)nc2CN1c1ccnnc1. The highest BCUT2D eigenvalue weighted by atomic mass is 19.1. The number of carbonyl (C=O) groups excluding carboxylic acids is 1. The van der Waals surface area contributed by atoms with Crippen molar-refractivity contribution in [2.75, 3.05) is 22.9 Å². The van der Waals surface area contributed by atoms with Crippen molar-refractivity contribution in [3.8, 4) is 5.69 Å². The number of rotatable bonds is 3. The summed E-state index contributed by atoms with van der Waals surface area (Å²) in [4.78, 5) is 20.6. The molecule has 3 aromatic heterocycles. The fourth-order valence-electron chi connectivity index (χ4n) is 3.48. The maximum atomic E-state index is 13.4. The fraction of sp³-hybridized carbons (Fsp3) is 0.278. The summed E-state index contributed by atoms with van der Waals surface area (Å²) in [5.74, 6) is 0.644. The van der Waals surface area contributed by atoms with Crippen molar-refractivity contribution in [2.45, 2.75) is 19.1 Å². The number of alkyl halides is 1. The first-order valence-electron chi connectivity index (χ1n) is 8.71. The summed E-state index contributed by atoms with van der Waals surface area (Å²) in [5.41, 5.74) is 2.73. The maximum Gasteiger partial charge on any atom is 0.262 e. The Bertz CT molecular complexity index is 989. The number of hydrogen-bond donors (Lipinski definition) is 0. The zero-order valence-corrected chi connectivity index (χ0v) is 14.4.